The summed E-state index contributed by atoms with van der Waals surface area (Å²) in [6, 6.07) is 0. The van der Waals surface area contributed by atoms with Crippen molar-refractivity contribution in [2.45, 2.75) is 32.9 Å². The molecule has 118 valence electrons. The average Bonchev–Trinajstić information content (AvgIpc) is 2.80. The average molecular weight is 297 g/mol. The number of rotatable bonds is 6. The number of hydrogen-bond donors (Lipinski definition) is 3. The normalized spacial score (nSPS) is 10.9. The summed E-state index contributed by atoms with van der Waals surface area (Å²) in [6.07, 6.45) is 2.90. The summed E-state index contributed by atoms with van der Waals surface area (Å²) < 4.78 is 6.64. The van der Waals surface area contributed by atoms with Gasteiger partial charge in [-0.1, -0.05) is 0 Å². The van der Waals surface area contributed by atoms with Gasteiger partial charge in [-0.25, -0.2) is 4.79 Å². The number of ether oxygens (including phenoxy) is 1. The molecule has 2 amide bonds. The summed E-state index contributed by atoms with van der Waals surface area (Å²) in [5.41, 5.74) is 0.281. The number of likely N-dealkylation sites (N-methyl/N-ethyl adjacent to an activating group) is 1. The molecule has 1 heterocycles. The Morgan fingerprint density at radius 1 is 1.33 bits per heavy atom. The van der Waals surface area contributed by atoms with E-state index >= 15 is 0 Å². The lowest BCUT2D eigenvalue weighted by Gasteiger charge is -2.19. The van der Waals surface area contributed by atoms with Gasteiger partial charge in [0.05, 0.1) is 11.9 Å². The number of amides is 2. The highest BCUT2D eigenvalue weighted by molar-refractivity contribution is 5.75. The molecule has 0 atom stereocenters. The molecule has 0 unspecified atom stereocenters. The van der Waals surface area contributed by atoms with Gasteiger partial charge in [0, 0.05) is 26.3 Å². The van der Waals surface area contributed by atoms with Crippen molar-refractivity contribution in [1.29, 1.82) is 0 Å². The molecule has 0 fully saturated rings. The van der Waals surface area contributed by atoms with Crippen molar-refractivity contribution < 1.29 is 14.3 Å². The number of aromatic nitrogens is 2. The van der Waals surface area contributed by atoms with E-state index in [0.717, 1.165) is 5.69 Å². The quantitative estimate of drug-likeness (QED) is 0.667. The summed E-state index contributed by atoms with van der Waals surface area (Å²) in [6.45, 7) is 6.57. The Morgan fingerprint density at radius 3 is 2.67 bits per heavy atom. The van der Waals surface area contributed by atoms with Crippen LogP contribution in [0.25, 0.3) is 0 Å². The molecular weight excluding hydrogens is 274 g/mol. The molecular formula is C13H23N5O3. The standard InChI is InChI=1S/C13H23N5O3/c1-13(2,3)21-12(20)16-6-5-15-10-7-17-18(8-10)9-11(19)14-4/h7-8,15H,5-6,9H2,1-4H3,(H,14,19)(H,16,20). The van der Waals surface area contributed by atoms with Crippen LogP contribution in [0.15, 0.2) is 12.4 Å². The molecule has 0 saturated heterocycles. The number of carbonyl (C=O) groups is 2. The van der Waals surface area contributed by atoms with E-state index < -0.39 is 11.7 Å². The predicted octanol–water partition coefficient (Wildman–Crippen LogP) is 0.566. The molecule has 0 aromatic carbocycles. The second-order valence-corrected chi connectivity index (χ2v) is 5.46. The van der Waals surface area contributed by atoms with Crippen LogP contribution >= 0.6 is 0 Å². The first-order valence-corrected chi connectivity index (χ1v) is 6.74. The van der Waals surface area contributed by atoms with Crippen LogP contribution < -0.4 is 16.0 Å². The molecule has 0 aliphatic heterocycles. The highest BCUT2D eigenvalue weighted by Crippen LogP contribution is 2.06. The second-order valence-electron chi connectivity index (χ2n) is 5.46. The van der Waals surface area contributed by atoms with Gasteiger partial charge in [0.2, 0.25) is 5.91 Å². The lowest BCUT2D eigenvalue weighted by Crippen LogP contribution is -2.34. The Kier molecular flexibility index (Phi) is 6.01. The molecule has 3 N–H and O–H groups in total. The van der Waals surface area contributed by atoms with Crippen molar-refractivity contribution in [1.82, 2.24) is 20.4 Å². The lowest BCUT2D eigenvalue weighted by atomic mass is 10.2. The monoisotopic (exact) mass is 297 g/mol. The number of alkyl carbamates (subject to hydrolysis) is 1. The van der Waals surface area contributed by atoms with Gasteiger partial charge in [0.25, 0.3) is 0 Å². The largest absolute Gasteiger partial charge is 0.444 e. The second kappa shape index (κ2) is 7.51. The Labute approximate surface area is 124 Å². The molecule has 21 heavy (non-hydrogen) atoms. The van der Waals surface area contributed by atoms with Crippen LogP contribution in [0.5, 0.6) is 0 Å². The summed E-state index contributed by atoms with van der Waals surface area (Å²) in [4.78, 5) is 22.6. The SMILES string of the molecule is CNC(=O)Cn1cc(NCCNC(=O)OC(C)(C)C)cn1. The van der Waals surface area contributed by atoms with Crippen LogP contribution in [0, 0.1) is 0 Å². The van der Waals surface area contributed by atoms with E-state index in [1.807, 2.05) is 20.8 Å². The van der Waals surface area contributed by atoms with Gasteiger partial charge < -0.3 is 20.7 Å². The summed E-state index contributed by atoms with van der Waals surface area (Å²) >= 11 is 0. The maximum Gasteiger partial charge on any atom is 0.407 e. The van der Waals surface area contributed by atoms with Crippen molar-refractivity contribution in [3.05, 3.63) is 12.4 Å². The van der Waals surface area contributed by atoms with Gasteiger partial charge in [-0.2, -0.15) is 5.10 Å². The highest BCUT2D eigenvalue weighted by atomic mass is 16.6. The Hall–Kier alpha value is -2.25. The molecule has 1 rings (SSSR count). The fraction of sp³-hybridized carbons (Fsp3) is 0.615. The van der Waals surface area contributed by atoms with E-state index in [-0.39, 0.29) is 12.5 Å². The Morgan fingerprint density at radius 2 is 2.05 bits per heavy atom. The van der Waals surface area contributed by atoms with E-state index in [2.05, 4.69) is 21.0 Å². The zero-order chi connectivity index (χ0) is 15.9. The van der Waals surface area contributed by atoms with Crippen LogP contribution in [-0.2, 0) is 16.1 Å². The van der Waals surface area contributed by atoms with Gasteiger partial charge in [-0.15, -0.1) is 0 Å². The minimum Gasteiger partial charge on any atom is -0.444 e. The Balaban J connectivity index is 2.24. The Bertz CT molecular complexity index is 478. The summed E-state index contributed by atoms with van der Waals surface area (Å²) in [7, 11) is 1.58. The molecule has 0 spiro atoms. The molecule has 1 aromatic rings. The maximum atomic E-state index is 11.4. The maximum absolute atomic E-state index is 11.4. The van der Waals surface area contributed by atoms with E-state index in [4.69, 9.17) is 4.74 Å². The number of hydrogen-bond acceptors (Lipinski definition) is 5. The topological polar surface area (TPSA) is 97.3 Å². The van der Waals surface area contributed by atoms with E-state index in [1.165, 1.54) is 4.68 Å². The van der Waals surface area contributed by atoms with Crippen LogP contribution in [0.4, 0.5) is 10.5 Å². The summed E-state index contributed by atoms with van der Waals surface area (Å²) in [5, 5.41) is 12.3. The first-order chi connectivity index (χ1) is 9.80. The van der Waals surface area contributed by atoms with Crippen molar-refractivity contribution in [2.75, 3.05) is 25.5 Å². The fourth-order valence-corrected chi connectivity index (χ4v) is 1.45. The zero-order valence-corrected chi connectivity index (χ0v) is 12.9. The molecule has 8 heteroatoms. The van der Waals surface area contributed by atoms with Crippen molar-refractivity contribution in [3.8, 4) is 0 Å². The lowest BCUT2D eigenvalue weighted by molar-refractivity contribution is -0.121. The van der Waals surface area contributed by atoms with Gasteiger partial charge in [0.1, 0.15) is 12.1 Å². The van der Waals surface area contributed by atoms with Gasteiger partial charge >= 0.3 is 6.09 Å². The van der Waals surface area contributed by atoms with E-state index in [1.54, 1.807) is 19.4 Å². The minimum atomic E-state index is -0.501. The first kappa shape index (κ1) is 16.8. The first-order valence-electron chi connectivity index (χ1n) is 6.74. The van der Waals surface area contributed by atoms with E-state index in [9.17, 15) is 9.59 Å². The number of nitrogens with zero attached hydrogens (tertiary/aromatic N) is 2. The van der Waals surface area contributed by atoms with Crippen molar-refractivity contribution in [2.24, 2.45) is 0 Å². The molecule has 0 radical (unpaired) electrons. The van der Waals surface area contributed by atoms with E-state index in [0.29, 0.717) is 13.1 Å². The molecule has 8 nitrogen and oxygen atoms in total. The third-order valence-electron chi connectivity index (χ3n) is 2.34. The number of carbonyl (C=O) groups excluding carboxylic acids is 2. The molecule has 1 aromatic heterocycles. The van der Waals surface area contributed by atoms with Crippen molar-refractivity contribution >= 4 is 17.7 Å². The molecule has 0 saturated carbocycles. The number of nitrogens with one attached hydrogen (secondary N) is 3. The van der Waals surface area contributed by atoms with Crippen molar-refractivity contribution in [3.63, 3.8) is 0 Å². The van der Waals surface area contributed by atoms with Gasteiger partial charge in [0.15, 0.2) is 0 Å². The molecule has 0 bridgehead atoms. The smallest absolute Gasteiger partial charge is 0.407 e. The molecule has 0 aliphatic rings. The zero-order valence-electron chi connectivity index (χ0n) is 12.9. The number of anilines is 1. The minimum absolute atomic E-state index is 0.115. The highest BCUT2D eigenvalue weighted by Gasteiger charge is 2.15. The van der Waals surface area contributed by atoms with Crippen LogP contribution in [0.2, 0.25) is 0 Å². The van der Waals surface area contributed by atoms with Gasteiger partial charge in [-0.3, -0.25) is 9.48 Å². The van der Waals surface area contributed by atoms with Crippen LogP contribution in [-0.4, -0.2) is 47.5 Å². The summed E-state index contributed by atoms with van der Waals surface area (Å²) in [5.74, 6) is -0.115. The third kappa shape index (κ3) is 7.19. The third-order valence-corrected chi connectivity index (χ3v) is 2.34. The van der Waals surface area contributed by atoms with Crippen LogP contribution in [0.1, 0.15) is 20.8 Å². The predicted molar refractivity (Wildman–Crippen MR) is 79.0 cm³/mol. The molecule has 0 aliphatic carbocycles. The fourth-order valence-electron chi connectivity index (χ4n) is 1.45. The van der Waals surface area contributed by atoms with Crippen LogP contribution in [0.3, 0.4) is 0 Å². The van der Waals surface area contributed by atoms with Gasteiger partial charge in [-0.05, 0) is 20.8 Å².